The summed E-state index contributed by atoms with van der Waals surface area (Å²) in [4.78, 5) is 12.8. The van der Waals surface area contributed by atoms with Crippen LogP contribution in [0.2, 0.25) is 0 Å². The first-order valence-corrected chi connectivity index (χ1v) is 18.8. The van der Waals surface area contributed by atoms with Crippen molar-refractivity contribution in [2.45, 2.75) is 38.5 Å². The molecule has 0 unspecified atom stereocenters. The highest BCUT2D eigenvalue weighted by atomic mass is 127. The maximum Gasteiger partial charge on any atom is 0.399 e. The molecule has 4 aromatic carbocycles. The molecule has 1 aliphatic heterocycles. The molecule has 0 bridgehead atoms. The molecule has 0 amide bonds. The topological polar surface area (TPSA) is 79.1 Å². The zero-order chi connectivity index (χ0) is 36.4. The third kappa shape index (κ3) is 8.66. The summed E-state index contributed by atoms with van der Waals surface area (Å²) in [6.45, 7) is 0. The molecule has 5 aromatic rings. The van der Waals surface area contributed by atoms with Crippen molar-refractivity contribution in [3.63, 3.8) is 0 Å². The number of carbonyl (C=O) groups excluding carboxylic acids is 1. The van der Waals surface area contributed by atoms with E-state index in [-0.39, 0.29) is 0 Å². The lowest BCUT2D eigenvalue weighted by molar-refractivity contribution is -0.784. The number of ether oxygens (including phenoxy) is 1. The van der Waals surface area contributed by atoms with Gasteiger partial charge in [0, 0.05) is 16.7 Å². The fourth-order valence-electron chi connectivity index (χ4n) is 7.10. The van der Waals surface area contributed by atoms with E-state index in [2.05, 4.69) is 162 Å². The van der Waals surface area contributed by atoms with E-state index in [0.29, 0.717) is 0 Å². The summed E-state index contributed by atoms with van der Waals surface area (Å²) in [6.07, 6.45) is 15.2. The van der Waals surface area contributed by atoms with Gasteiger partial charge in [0.05, 0.1) is 45.4 Å². The van der Waals surface area contributed by atoms with E-state index in [1.165, 1.54) is 67.1 Å². The van der Waals surface area contributed by atoms with Crippen LogP contribution in [0.15, 0.2) is 173 Å². The Morgan fingerprint density at radius 2 is 1.34 bits per heavy atom. The second-order valence-corrected chi connectivity index (χ2v) is 13.7. The average Bonchev–Trinajstić information content (AvgIpc) is 3.22. The average molecular weight is 813 g/mol. The van der Waals surface area contributed by atoms with Crippen molar-refractivity contribution in [1.29, 1.82) is 0 Å². The van der Waals surface area contributed by atoms with Gasteiger partial charge < -0.3 is 9.99 Å². The standard InChI is InChI=1S/C45H37O2.CHIO4/c1-5-16-32(17-6-1)40-30-42(34-20-9-3-10-21-34)46-44-36(26-14-28-38(40)44)24-13-25-37-27-15-29-39-41(33-18-7-2-8-19-33)31-43(47-45(37)39)35-22-11-4-12-23-35;2-1(3)5-6-4/h1-13,16-25,30-31H,14-15,26-29H2;4H/q+1;/p-1. The molecule has 0 fully saturated rings. The van der Waals surface area contributed by atoms with Crippen LogP contribution in [0.25, 0.3) is 39.4 Å². The number of hydrogen-bond acceptors (Lipinski definition) is 5. The Labute approximate surface area is 323 Å². The van der Waals surface area contributed by atoms with Crippen LogP contribution in [-0.2, 0) is 21.1 Å². The SMILES string of the molecule is C(=CC1=C2OC(c3ccccc3)=CC(c3ccccc3)=C2CCC1)C=C1CCCc2c(-c3ccccc3)cc(-c3ccccc3)[o+]c21.O=C(I)OO[O-]. The lowest BCUT2D eigenvalue weighted by atomic mass is 9.85. The number of halogens is 1. The van der Waals surface area contributed by atoms with Crippen LogP contribution in [-0.4, -0.2) is 3.98 Å². The zero-order valence-corrected chi connectivity index (χ0v) is 31.2. The normalized spacial score (nSPS) is 15.9. The van der Waals surface area contributed by atoms with Gasteiger partial charge in [-0.25, -0.2) is 14.2 Å². The number of hydrogen-bond donors (Lipinski definition) is 0. The molecule has 0 N–H and O–H groups in total. The number of fused-ring (bicyclic) bond motifs is 2. The molecule has 7 heteroatoms. The van der Waals surface area contributed by atoms with E-state index in [4.69, 9.17) is 14.4 Å². The highest BCUT2D eigenvalue weighted by Gasteiger charge is 2.32. The Morgan fingerprint density at radius 1 is 0.736 bits per heavy atom. The molecular formula is C46H37IO6. The maximum absolute atomic E-state index is 9.48. The molecular weight excluding hydrogens is 775 g/mol. The summed E-state index contributed by atoms with van der Waals surface area (Å²) in [5, 5.41) is 11.5. The van der Waals surface area contributed by atoms with E-state index in [1.54, 1.807) is 0 Å². The van der Waals surface area contributed by atoms with Crippen molar-refractivity contribution in [2.24, 2.45) is 0 Å². The smallest absolute Gasteiger partial charge is 0.399 e. The van der Waals surface area contributed by atoms with Gasteiger partial charge in [-0.2, -0.15) is 0 Å². The van der Waals surface area contributed by atoms with E-state index in [0.717, 1.165) is 72.7 Å². The maximum atomic E-state index is 9.48. The molecule has 264 valence electrons. The summed E-state index contributed by atoms with van der Waals surface area (Å²) >= 11 is 1.26. The summed E-state index contributed by atoms with van der Waals surface area (Å²) in [5.41, 5.74) is 12.2. The largest absolute Gasteiger partial charge is 0.681 e. The molecule has 0 radical (unpaired) electrons. The molecule has 3 aliphatic rings. The van der Waals surface area contributed by atoms with Gasteiger partial charge in [0.15, 0.2) is 0 Å². The molecule has 53 heavy (non-hydrogen) atoms. The second-order valence-electron chi connectivity index (χ2n) is 12.8. The Kier molecular flexibility index (Phi) is 11.9. The summed E-state index contributed by atoms with van der Waals surface area (Å²) in [5.74, 6) is 3.82. The van der Waals surface area contributed by atoms with Gasteiger partial charge in [-0.1, -0.05) is 121 Å². The Morgan fingerprint density at radius 3 is 1.96 bits per heavy atom. The number of rotatable bonds is 7. The third-order valence-electron chi connectivity index (χ3n) is 9.48. The third-order valence-corrected chi connectivity index (χ3v) is 9.66. The van der Waals surface area contributed by atoms with Crippen molar-refractivity contribution in [3.05, 3.63) is 191 Å². The Hall–Kier alpha value is -5.35. The first kappa shape index (κ1) is 36.0. The van der Waals surface area contributed by atoms with Gasteiger partial charge >= 0.3 is 15.5 Å². The summed E-state index contributed by atoms with van der Waals surface area (Å²) in [6, 6.07) is 44.6. The molecule has 0 saturated heterocycles. The molecule has 0 saturated carbocycles. The van der Waals surface area contributed by atoms with E-state index < -0.39 is 3.98 Å². The van der Waals surface area contributed by atoms with E-state index in [9.17, 15) is 4.79 Å². The fraction of sp³-hybridized carbons (Fsp3) is 0.130. The lowest BCUT2D eigenvalue weighted by Crippen LogP contribution is -2.11. The van der Waals surface area contributed by atoms with E-state index in [1.807, 2.05) is 0 Å². The number of allylic oxidation sites excluding steroid dienone is 8. The van der Waals surface area contributed by atoms with Gasteiger partial charge in [-0.15, -0.1) is 0 Å². The Bertz CT molecular complexity index is 2220. The monoisotopic (exact) mass is 812 g/mol. The van der Waals surface area contributed by atoms with Crippen LogP contribution in [0.4, 0.5) is 4.79 Å². The quantitative estimate of drug-likeness (QED) is 0.0535. The van der Waals surface area contributed by atoms with Crippen molar-refractivity contribution < 1.29 is 29.1 Å². The predicted molar refractivity (Wildman–Crippen MR) is 215 cm³/mol. The van der Waals surface area contributed by atoms with E-state index >= 15 is 0 Å². The molecule has 0 spiro atoms. The first-order valence-electron chi connectivity index (χ1n) is 17.7. The second kappa shape index (κ2) is 17.4. The summed E-state index contributed by atoms with van der Waals surface area (Å²) in [7, 11) is 0. The number of carbonyl (C=O) groups is 1. The molecule has 1 aromatic heterocycles. The highest BCUT2D eigenvalue weighted by Crippen LogP contribution is 2.44. The minimum Gasteiger partial charge on any atom is -0.681 e. The highest BCUT2D eigenvalue weighted by molar-refractivity contribution is 14.1. The Balaban J connectivity index is 0.000000672. The zero-order valence-electron chi connectivity index (χ0n) is 29.0. The number of benzene rings is 4. The van der Waals surface area contributed by atoms with Crippen LogP contribution < -0.4 is 5.26 Å². The fourth-order valence-corrected chi connectivity index (χ4v) is 7.18. The van der Waals surface area contributed by atoms with Gasteiger partial charge in [0.2, 0.25) is 0 Å². The molecule has 2 aliphatic carbocycles. The van der Waals surface area contributed by atoms with Crippen molar-refractivity contribution in [2.75, 3.05) is 0 Å². The van der Waals surface area contributed by atoms with Gasteiger partial charge in [-0.3, -0.25) is 4.89 Å². The van der Waals surface area contributed by atoms with Gasteiger partial charge in [0.1, 0.15) is 11.5 Å². The van der Waals surface area contributed by atoms with Crippen LogP contribution in [0.3, 0.4) is 0 Å². The van der Waals surface area contributed by atoms with Gasteiger partial charge in [-0.05, 0) is 85.1 Å². The van der Waals surface area contributed by atoms with Gasteiger partial charge in [0.25, 0.3) is 0 Å². The lowest BCUT2D eigenvalue weighted by Gasteiger charge is -2.29. The van der Waals surface area contributed by atoms with Crippen LogP contribution in [0, 0.1) is 0 Å². The molecule has 6 nitrogen and oxygen atoms in total. The minimum atomic E-state index is -0.775. The van der Waals surface area contributed by atoms with Crippen LogP contribution >= 0.6 is 22.6 Å². The molecule has 8 rings (SSSR count). The van der Waals surface area contributed by atoms with Crippen molar-refractivity contribution >= 4 is 43.5 Å². The van der Waals surface area contributed by atoms with Crippen molar-refractivity contribution in [1.82, 2.24) is 0 Å². The predicted octanol–water partition coefficient (Wildman–Crippen LogP) is 11.9. The minimum absolute atomic E-state index is 0.775. The van der Waals surface area contributed by atoms with Crippen LogP contribution in [0.1, 0.15) is 54.6 Å². The van der Waals surface area contributed by atoms with Crippen LogP contribution in [0.5, 0.6) is 0 Å². The summed E-state index contributed by atoms with van der Waals surface area (Å²) < 4.78 is 12.7. The molecule has 0 atom stereocenters. The first-order chi connectivity index (χ1) is 26.1. The van der Waals surface area contributed by atoms with Crippen molar-refractivity contribution in [3.8, 4) is 22.5 Å². The molecule has 2 heterocycles.